The Morgan fingerprint density at radius 1 is 1.52 bits per heavy atom. The maximum absolute atomic E-state index is 12.4. The molecule has 0 bridgehead atoms. The molecule has 2 fully saturated rings. The molecule has 6 nitrogen and oxygen atoms in total. The minimum absolute atomic E-state index is 0.0140. The van der Waals surface area contributed by atoms with E-state index in [4.69, 9.17) is 4.74 Å². The lowest BCUT2D eigenvalue weighted by molar-refractivity contribution is -0.120. The summed E-state index contributed by atoms with van der Waals surface area (Å²) < 4.78 is 7.35. The van der Waals surface area contributed by atoms with E-state index in [1.807, 2.05) is 22.7 Å². The van der Waals surface area contributed by atoms with Crippen LogP contribution in [0.15, 0.2) is 6.07 Å². The topological polar surface area (TPSA) is 59.4 Å². The number of hydrogen-bond acceptors (Lipinski definition) is 4. The van der Waals surface area contributed by atoms with Gasteiger partial charge in [-0.3, -0.25) is 14.4 Å². The largest absolute Gasteiger partial charge is 0.380 e. The number of likely N-dealkylation sites (tertiary alicyclic amines) is 1. The Labute approximate surface area is 125 Å². The maximum atomic E-state index is 12.4. The Morgan fingerprint density at radius 2 is 2.29 bits per heavy atom. The molecule has 1 aliphatic heterocycles. The molecule has 21 heavy (non-hydrogen) atoms. The molecule has 0 radical (unpaired) electrons. The van der Waals surface area contributed by atoms with Gasteiger partial charge in [-0.25, -0.2) is 0 Å². The van der Waals surface area contributed by atoms with Crippen molar-refractivity contribution in [2.45, 2.75) is 50.8 Å². The zero-order valence-corrected chi connectivity index (χ0v) is 13.0. The number of nitrogens with zero attached hydrogens (tertiary/aromatic N) is 3. The van der Waals surface area contributed by atoms with E-state index >= 15 is 0 Å². The molecule has 2 atom stereocenters. The van der Waals surface area contributed by atoms with Crippen molar-refractivity contribution >= 4 is 11.7 Å². The van der Waals surface area contributed by atoms with Crippen molar-refractivity contribution in [2.24, 2.45) is 0 Å². The predicted octanol–water partition coefficient (Wildman–Crippen LogP) is 1.44. The quantitative estimate of drug-likeness (QED) is 0.892. The molecule has 1 saturated heterocycles. The third-order valence-electron chi connectivity index (χ3n) is 4.50. The highest BCUT2D eigenvalue weighted by atomic mass is 16.5. The highest BCUT2D eigenvalue weighted by Crippen LogP contribution is 2.40. The predicted molar refractivity (Wildman–Crippen MR) is 80.3 cm³/mol. The fourth-order valence-corrected chi connectivity index (χ4v) is 3.09. The first-order valence-corrected chi connectivity index (χ1v) is 7.74. The summed E-state index contributed by atoms with van der Waals surface area (Å²) in [5, 5.41) is 7.47. The molecule has 1 amide bonds. The molecule has 0 spiro atoms. The van der Waals surface area contributed by atoms with E-state index < -0.39 is 0 Å². The van der Waals surface area contributed by atoms with Crippen LogP contribution in [0.4, 0.5) is 5.82 Å². The number of ether oxygens (including phenoxy) is 1. The van der Waals surface area contributed by atoms with Gasteiger partial charge in [-0.15, -0.1) is 0 Å². The number of methoxy groups -OCH3 is 1. The average molecular weight is 292 g/mol. The van der Waals surface area contributed by atoms with E-state index in [-0.39, 0.29) is 18.1 Å². The lowest BCUT2D eigenvalue weighted by atomic mass is 10.2. The molecule has 1 saturated carbocycles. The summed E-state index contributed by atoms with van der Waals surface area (Å²) in [4.78, 5) is 14.5. The lowest BCUT2D eigenvalue weighted by Crippen LogP contribution is -2.37. The number of carbonyl (C=O) groups excluding carboxylic acids is 1. The summed E-state index contributed by atoms with van der Waals surface area (Å²) in [5.74, 6) is 1.33. The van der Waals surface area contributed by atoms with E-state index in [1.165, 1.54) is 18.5 Å². The van der Waals surface area contributed by atoms with Crippen LogP contribution in [-0.4, -0.2) is 53.4 Å². The summed E-state index contributed by atoms with van der Waals surface area (Å²) >= 11 is 0. The van der Waals surface area contributed by atoms with Crippen LogP contribution in [0.3, 0.4) is 0 Å². The first-order chi connectivity index (χ1) is 10.1. The first kappa shape index (κ1) is 14.5. The Bertz CT molecular complexity index is 524. The molecular weight excluding hydrogens is 268 g/mol. The molecular formula is C15H24N4O2. The monoisotopic (exact) mass is 292 g/mol. The zero-order valence-electron chi connectivity index (χ0n) is 13.0. The summed E-state index contributed by atoms with van der Waals surface area (Å²) in [6.07, 6.45) is 3.35. The number of carbonyl (C=O) groups is 1. The number of likely N-dealkylation sites (N-methyl/N-ethyl adjacent to an activating group) is 1. The van der Waals surface area contributed by atoms with Crippen LogP contribution >= 0.6 is 0 Å². The van der Waals surface area contributed by atoms with Crippen LogP contribution in [0.25, 0.3) is 0 Å². The second-order valence-corrected chi connectivity index (χ2v) is 6.08. The third kappa shape index (κ3) is 2.96. The van der Waals surface area contributed by atoms with Gasteiger partial charge in [0.15, 0.2) is 5.82 Å². The number of aryl methyl sites for hydroxylation is 1. The molecule has 1 N–H and O–H groups in total. The van der Waals surface area contributed by atoms with Gasteiger partial charge in [-0.1, -0.05) is 0 Å². The Hall–Kier alpha value is -1.40. The average Bonchev–Trinajstić information content (AvgIpc) is 3.13. The van der Waals surface area contributed by atoms with E-state index in [1.54, 1.807) is 7.11 Å². The van der Waals surface area contributed by atoms with Crippen molar-refractivity contribution < 1.29 is 9.53 Å². The van der Waals surface area contributed by atoms with E-state index in [0.29, 0.717) is 11.7 Å². The van der Waals surface area contributed by atoms with Crippen molar-refractivity contribution in [2.75, 3.05) is 26.0 Å². The van der Waals surface area contributed by atoms with Gasteiger partial charge >= 0.3 is 0 Å². The van der Waals surface area contributed by atoms with Crippen LogP contribution in [-0.2, 0) is 16.1 Å². The van der Waals surface area contributed by atoms with Crippen LogP contribution in [0.2, 0.25) is 0 Å². The highest BCUT2D eigenvalue weighted by molar-refractivity contribution is 5.94. The number of aromatic nitrogens is 2. The van der Waals surface area contributed by atoms with Gasteiger partial charge in [0.25, 0.3) is 0 Å². The van der Waals surface area contributed by atoms with Gasteiger partial charge in [0.2, 0.25) is 5.91 Å². The summed E-state index contributed by atoms with van der Waals surface area (Å²) in [5.41, 5.74) is 1.25. The fraction of sp³-hybridized carbons (Fsp3) is 0.733. The van der Waals surface area contributed by atoms with Crippen molar-refractivity contribution in [3.8, 4) is 0 Å². The number of anilines is 1. The Morgan fingerprint density at radius 3 is 2.86 bits per heavy atom. The lowest BCUT2D eigenvalue weighted by Gasteiger charge is -2.17. The van der Waals surface area contributed by atoms with Gasteiger partial charge < -0.3 is 10.1 Å². The van der Waals surface area contributed by atoms with Gasteiger partial charge in [-0.05, 0) is 33.2 Å². The number of rotatable bonds is 5. The fourth-order valence-electron chi connectivity index (χ4n) is 3.09. The molecule has 0 aromatic carbocycles. The van der Waals surface area contributed by atoms with Gasteiger partial charge in [0.05, 0.1) is 12.1 Å². The number of hydrogen-bond donors (Lipinski definition) is 1. The smallest absolute Gasteiger partial charge is 0.243 e. The van der Waals surface area contributed by atoms with Crippen molar-refractivity contribution in [3.63, 3.8) is 0 Å². The molecule has 6 heteroatoms. The second kappa shape index (κ2) is 5.77. The minimum Gasteiger partial charge on any atom is -0.380 e. The zero-order chi connectivity index (χ0) is 15.0. The van der Waals surface area contributed by atoms with Gasteiger partial charge in [0, 0.05) is 37.9 Å². The van der Waals surface area contributed by atoms with Crippen molar-refractivity contribution in [1.29, 1.82) is 0 Å². The minimum atomic E-state index is -0.133. The molecule has 1 aromatic rings. The third-order valence-corrected chi connectivity index (χ3v) is 4.50. The van der Waals surface area contributed by atoms with Crippen molar-refractivity contribution in [3.05, 3.63) is 11.8 Å². The van der Waals surface area contributed by atoms with Gasteiger partial charge in [0.1, 0.15) is 0 Å². The second-order valence-electron chi connectivity index (χ2n) is 6.08. The maximum Gasteiger partial charge on any atom is 0.243 e. The van der Waals surface area contributed by atoms with Crippen LogP contribution in [0, 0.1) is 0 Å². The Kier molecular flexibility index (Phi) is 3.99. The molecule has 0 unspecified atom stereocenters. The standard InChI is InChI=1S/C15H24N4O2/c1-4-19-12(10-5-6-10)8-14(17-19)16-15(20)13-7-11(21-3)9-18(13)2/h8,10-11,13H,4-7,9H2,1-3H3,(H,16,17,20)/t11-,13-/m0/s1. The molecule has 2 aliphatic rings. The molecule has 1 aliphatic carbocycles. The van der Waals surface area contributed by atoms with E-state index in [9.17, 15) is 4.79 Å². The van der Waals surface area contributed by atoms with Crippen molar-refractivity contribution in [1.82, 2.24) is 14.7 Å². The number of amides is 1. The normalized spacial score (nSPS) is 26.2. The van der Waals surface area contributed by atoms with Crippen LogP contribution < -0.4 is 5.32 Å². The first-order valence-electron chi connectivity index (χ1n) is 7.74. The summed E-state index contributed by atoms with van der Waals surface area (Å²) in [6.45, 7) is 3.72. The molecule has 116 valence electrons. The molecule has 1 aromatic heterocycles. The summed E-state index contributed by atoms with van der Waals surface area (Å²) in [6, 6.07) is 1.90. The molecule has 2 heterocycles. The number of nitrogens with one attached hydrogen (secondary N) is 1. The Balaban J connectivity index is 1.67. The van der Waals surface area contributed by atoms with Gasteiger partial charge in [-0.2, -0.15) is 5.10 Å². The van der Waals surface area contributed by atoms with Crippen LogP contribution in [0.5, 0.6) is 0 Å². The van der Waals surface area contributed by atoms with E-state index in [0.717, 1.165) is 19.5 Å². The SMILES string of the molecule is CCn1nc(NC(=O)[C@@H]2C[C@H](OC)CN2C)cc1C1CC1. The highest BCUT2D eigenvalue weighted by Gasteiger charge is 2.35. The molecule has 3 rings (SSSR count). The summed E-state index contributed by atoms with van der Waals surface area (Å²) in [7, 11) is 3.66. The van der Waals surface area contributed by atoms with E-state index in [2.05, 4.69) is 17.3 Å². The van der Waals surface area contributed by atoms with Crippen LogP contribution in [0.1, 0.15) is 37.8 Å².